The molecule has 5 rings (SSSR count). The van der Waals surface area contributed by atoms with E-state index in [-0.39, 0.29) is 0 Å². The first-order chi connectivity index (χ1) is 9.33. The summed E-state index contributed by atoms with van der Waals surface area (Å²) in [7, 11) is 1.98. The van der Waals surface area contributed by atoms with Gasteiger partial charge in [0.25, 0.3) is 0 Å². The maximum Gasteiger partial charge on any atom is 0.115 e. The van der Waals surface area contributed by atoms with Gasteiger partial charge in [-0.2, -0.15) is 0 Å². The first-order valence-corrected chi connectivity index (χ1v) is 7.79. The van der Waals surface area contributed by atoms with Gasteiger partial charge in [0.15, 0.2) is 0 Å². The minimum Gasteiger partial charge on any atom is -0.314 e. The van der Waals surface area contributed by atoms with Crippen LogP contribution in [0.3, 0.4) is 0 Å². The summed E-state index contributed by atoms with van der Waals surface area (Å²) in [6.45, 7) is 0.850. The number of aromatic nitrogens is 2. The Bertz CT molecular complexity index is 443. The number of nitrogens with one attached hydrogen (secondary N) is 1. The summed E-state index contributed by atoms with van der Waals surface area (Å²) in [5.74, 6) is 4.63. The summed E-state index contributed by atoms with van der Waals surface area (Å²) in [6.07, 6.45) is 9.14. The van der Waals surface area contributed by atoms with Crippen molar-refractivity contribution in [1.82, 2.24) is 15.3 Å². The van der Waals surface area contributed by atoms with Crippen LogP contribution in [-0.4, -0.2) is 17.0 Å². The van der Waals surface area contributed by atoms with E-state index in [1.165, 1.54) is 37.8 Å². The summed E-state index contributed by atoms with van der Waals surface area (Å²) in [5, 5.41) is 3.19. The standard InChI is InChI=1S/C16H23N3/c1-17-8-14-7-15(19-9-18-14)16-12-3-10-2-11(5-12)6-13(16)4-10/h7,9-13,16-17H,2-6,8H2,1H3. The lowest BCUT2D eigenvalue weighted by molar-refractivity contribution is -0.00422. The van der Waals surface area contributed by atoms with Crippen molar-refractivity contribution < 1.29 is 0 Å². The van der Waals surface area contributed by atoms with Crippen LogP contribution in [0.15, 0.2) is 12.4 Å². The molecule has 0 atom stereocenters. The molecule has 4 bridgehead atoms. The molecule has 3 heteroatoms. The van der Waals surface area contributed by atoms with Crippen molar-refractivity contribution in [3.8, 4) is 0 Å². The molecule has 1 N–H and O–H groups in total. The molecule has 4 aliphatic carbocycles. The number of hydrogen-bond acceptors (Lipinski definition) is 3. The molecule has 0 saturated heterocycles. The fraction of sp³-hybridized carbons (Fsp3) is 0.750. The van der Waals surface area contributed by atoms with Gasteiger partial charge in [0.05, 0.1) is 5.69 Å². The molecular formula is C16H23N3. The molecule has 1 heterocycles. The van der Waals surface area contributed by atoms with Crippen LogP contribution < -0.4 is 5.32 Å². The van der Waals surface area contributed by atoms with Gasteiger partial charge in [-0.15, -0.1) is 0 Å². The predicted molar refractivity (Wildman–Crippen MR) is 74.6 cm³/mol. The Morgan fingerprint density at radius 2 is 1.74 bits per heavy atom. The molecule has 0 unspecified atom stereocenters. The quantitative estimate of drug-likeness (QED) is 0.904. The van der Waals surface area contributed by atoms with Crippen molar-refractivity contribution in [1.29, 1.82) is 0 Å². The van der Waals surface area contributed by atoms with Crippen molar-refractivity contribution in [2.45, 2.75) is 44.6 Å². The van der Waals surface area contributed by atoms with Crippen molar-refractivity contribution in [3.05, 3.63) is 23.8 Å². The van der Waals surface area contributed by atoms with Crippen molar-refractivity contribution in [2.24, 2.45) is 23.7 Å². The van der Waals surface area contributed by atoms with E-state index in [0.29, 0.717) is 0 Å². The molecule has 0 aromatic carbocycles. The van der Waals surface area contributed by atoms with Gasteiger partial charge in [-0.25, -0.2) is 9.97 Å². The van der Waals surface area contributed by atoms with Gasteiger partial charge in [0, 0.05) is 18.2 Å². The van der Waals surface area contributed by atoms with Crippen LogP contribution in [0.1, 0.15) is 49.4 Å². The largest absolute Gasteiger partial charge is 0.314 e. The third-order valence-corrected chi connectivity index (χ3v) is 5.67. The van der Waals surface area contributed by atoms with Crippen LogP contribution in [0, 0.1) is 23.7 Å². The molecule has 1 aromatic rings. The molecule has 4 saturated carbocycles. The lowest BCUT2D eigenvalue weighted by Crippen LogP contribution is -2.44. The molecular weight excluding hydrogens is 234 g/mol. The zero-order valence-corrected chi connectivity index (χ0v) is 11.7. The van der Waals surface area contributed by atoms with Crippen LogP contribution in [0.2, 0.25) is 0 Å². The Morgan fingerprint density at radius 3 is 2.37 bits per heavy atom. The maximum atomic E-state index is 4.63. The lowest BCUT2D eigenvalue weighted by Gasteiger charge is -2.54. The average Bonchev–Trinajstić information content (AvgIpc) is 2.38. The normalized spacial score (nSPS) is 39.7. The van der Waals surface area contributed by atoms with E-state index in [1.54, 1.807) is 6.33 Å². The van der Waals surface area contributed by atoms with Gasteiger partial charge in [-0.05, 0) is 68.9 Å². The van der Waals surface area contributed by atoms with Gasteiger partial charge >= 0.3 is 0 Å². The molecule has 19 heavy (non-hydrogen) atoms. The summed E-state index contributed by atoms with van der Waals surface area (Å²) in [6, 6.07) is 2.25. The van der Waals surface area contributed by atoms with E-state index in [2.05, 4.69) is 21.4 Å². The molecule has 0 radical (unpaired) electrons. The van der Waals surface area contributed by atoms with Crippen molar-refractivity contribution >= 4 is 0 Å². The van der Waals surface area contributed by atoms with E-state index in [1.807, 2.05) is 7.05 Å². The zero-order chi connectivity index (χ0) is 12.8. The van der Waals surface area contributed by atoms with E-state index in [0.717, 1.165) is 41.8 Å². The minimum absolute atomic E-state index is 0.728. The molecule has 102 valence electrons. The Hall–Kier alpha value is -0.960. The van der Waals surface area contributed by atoms with Crippen molar-refractivity contribution in [3.63, 3.8) is 0 Å². The monoisotopic (exact) mass is 257 g/mol. The Morgan fingerprint density at radius 1 is 1.05 bits per heavy atom. The summed E-state index contributed by atoms with van der Waals surface area (Å²) < 4.78 is 0. The predicted octanol–water partition coefficient (Wildman–Crippen LogP) is 2.74. The second-order valence-electron chi connectivity index (χ2n) is 6.92. The van der Waals surface area contributed by atoms with Crippen LogP contribution in [0.5, 0.6) is 0 Å². The summed E-state index contributed by atoms with van der Waals surface area (Å²) >= 11 is 0. The maximum absolute atomic E-state index is 4.63. The second-order valence-corrected chi connectivity index (χ2v) is 6.92. The molecule has 0 aliphatic heterocycles. The highest BCUT2D eigenvalue weighted by Crippen LogP contribution is 2.59. The topological polar surface area (TPSA) is 37.8 Å². The highest BCUT2D eigenvalue weighted by Gasteiger charge is 2.49. The first kappa shape index (κ1) is 11.8. The Kier molecular flexibility index (Phi) is 2.83. The highest BCUT2D eigenvalue weighted by molar-refractivity contribution is 5.19. The number of hydrogen-bond donors (Lipinski definition) is 1. The molecule has 1 aromatic heterocycles. The van der Waals surface area contributed by atoms with Crippen LogP contribution in [0.4, 0.5) is 0 Å². The Labute approximate surface area is 115 Å². The second kappa shape index (κ2) is 4.55. The minimum atomic E-state index is 0.728. The fourth-order valence-corrected chi connectivity index (χ4v) is 5.28. The van der Waals surface area contributed by atoms with Crippen LogP contribution in [-0.2, 0) is 6.54 Å². The van der Waals surface area contributed by atoms with Gasteiger partial charge in [-0.3, -0.25) is 0 Å². The number of nitrogens with zero attached hydrogens (tertiary/aromatic N) is 2. The third kappa shape index (κ3) is 1.99. The van der Waals surface area contributed by atoms with Crippen LogP contribution in [0.25, 0.3) is 0 Å². The van der Waals surface area contributed by atoms with Crippen LogP contribution >= 0.6 is 0 Å². The summed E-state index contributed by atoms with van der Waals surface area (Å²) in [5.41, 5.74) is 2.47. The SMILES string of the molecule is CNCc1cc(C2C3CC4CC(C3)CC2C4)ncn1. The molecule has 4 aliphatic rings. The van der Waals surface area contributed by atoms with E-state index < -0.39 is 0 Å². The number of rotatable bonds is 3. The molecule has 3 nitrogen and oxygen atoms in total. The van der Waals surface area contributed by atoms with E-state index in [9.17, 15) is 0 Å². The molecule has 0 spiro atoms. The average molecular weight is 257 g/mol. The first-order valence-electron chi connectivity index (χ1n) is 7.79. The smallest absolute Gasteiger partial charge is 0.115 e. The van der Waals surface area contributed by atoms with Crippen molar-refractivity contribution in [2.75, 3.05) is 7.05 Å². The Balaban J connectivity index is 1.63. The summed E-state index contributed by atoms with van der Waals surface area (Å²) in [4.78, 5) is 9.00. The van der Waals surface area contributed by atoms with Gasteiger partial charge in [-0.1, -0.05) is 0 Å². The highest BCUT2D eigenvalue weighted by atomic mass is 14.9. The fourth-order valence-electron chi connectivity index (χ4n) is 5.28. The van der Waals surface area contributed by atoms with Gasteiger partial charge in [0.1, 0.15) is 6.33 Å². The lowest BCUT2D eigenvalue weighted by atomic mass is 9.51. The van der Waals surface area contributed by atoms with E-state index in [4.69, 9.17) is 0 Å². The zero-order valence-electron chi connectivity index (χ0n) is 11.7. The molecule has 4 fully saturated rings. The van der Waals surface area contributed by atoms with Gasteiger partial charge < -0.3 is 5.32 Å². The third-order valence-electron chi connectivity index (χ3n) is 5.67. The van der Waals surface area contributed by atoms with E-state index >= 15 is 0 Å². The molecule has 0 amide bonds. The van der Waals surface area contributed by atoms with Gasteiger partial charge in [0.2, 0.25) is 0 Å².